The van der Waals surface area contributed by atoms with Gasteiger partial charge in [-0.3, -0.25) is 9.59 Å². The van der Waals surface area contributed by atoms with Crippen LogP contribution in [0.4, 0.5) is 0 Å². The number of carbonyl (C=O) groups excluding carboxylic acids is 2. The van der Waals surface area contributed by atoms with Gasteiger partial charge >= 0.3 is 0 Å². The lowest BCUT2D eigenvalue weighted by Crippen LogP contribution is -2.44. The van der Waals surface area contributed by atoms with Crippen LogP contribution in [0.2, 0.25) is 0 Å². The van der Waals surface area contributed by atoms with Crippen LogP contribution < -0.4 is 5.32 Å². The number of hydrogen-bond donors (Lipinski definition) is 1. The summed E-state index contributed by atoms with van der Waals surface area (Å²) in [4.78, 5) is 30.7. The largest absolute Gasteiger partial charge is 0.445 e. The quantitative estimate of drug-likeness (QED) is 0.910. The van der Waals surface area contributed by atoms with Crippen LogP contribution in [0.3, 0.4) is 0 Å². The number of piperidine rings is 1. The van der Waals surface area contributed by atoms with E-state index in [2.05, 4.69) is 22.4 Å². The topological polar surface area (TPSA) is 75.4 Å². The summed E-state index contributed by atoms with van der Waals surface area (Å²) >= 11 is 0. The van der Waals surface area contributed by atoms with Crippen molar-refractivity contribution < 1.29 is 14.0 Å². The van der Waals surface area contributed by atoms with E-state index < -0.39 is 0 Å². The molecule has 6 heteroatoms. The van der Waals surface area contributed by atoms with Crippen LogP contribution in [0.5, 0.6) is 0 Å². The van der Waals surface area contributed by atoms with E-state index in [4.69, 9.17) is 4.42 Å². The lowest BCUT2D eigenvalue weighted by atomic mass is 9.95. The van der Waals surface area contributed by atoms with E-state index in [9.17, 15) is 9.59 Å². The van der Waals surface area contributed by atoms with Gasteiger partial charge in [0.25, 0.3) is 0 Å². The van der Waals surface area contributed by atoms with Gasteiger partial charge in [0, 0.05) is 38.3 Å². The average Bonchev–Trinajstić information content (AvgIpc) is 3.08. The van der Waals surface area contributed by atoms with Crippen molar-refractivity contribution in [1.82, 2.24) is 15.2 Å². The minimum absolute atomic E-state index is 0.0306. The van der Waals surface area contributed by atoms with Gasteiger partial charge in [0.15, 0.2) is 5.89 Å². The zero-order valence-electron chi connectivity index (χ0n) is 14.7. The van der Waals surface area contributed by atoms with Gasteiger partial charge in [0.2, 0.25) is 11.8 Å². The summed E-state index contributed by atoms with van der Waals surface area (Å²) in [5, 5.41) is 2.78. The number of carbonyl (C=O) groups is 2. The first kappa shape index (κ1) is 16.8. The van der Waals surface area contributed by atoms with Gasteiger partial charge in [-0.1, -0.05) is 30.3 Å². The molecule has 2 amide bonds. The highest BCUT2D eigenvalue weighted by atomic mass is 16.4. The monoisotopic (exact) mass is 353 g/mol. The van der Waals surface area contributed by atoms with E-state index in [1.807, 2.05) is 23.1 Å². The van der Waals surface area contributed by atoms with E-state index in [0.717, 1.165) is 36.6 Å². The van der Waals surface area contributed by atoms with E-state index >= 15 is 0 Å². The molecule has 0 bridgehead atoms. The Morgan fingerprint density at radius 1 is 1.27 bits per heavy atom. The summed E-state index contributed by atoms with van der Waals surface area (Å²) in [5.74, 6) is 1.48. The standard InChI is InChI=1S/C20H23N3O3/c24-18-12-15(8-10-21-18)20(25)23-11-9-17-16(13-23)22-19(26-17)7-6-14-4-2-1-3-5-14/h1-5,15H,6-13H2,(H,21,24). The summed E-state index contributed by atoms with van der Waals surface area (Å²) in [7, 11) is 0. The molecular formula is C20H23N3O3. The molecule has 0 spiro atoms. The summed E-state index contributed by atoms with van der Waals surface area (Å²) in [6, 6.07) is 10.3. The molecule has 0 aliphatic carbocycles. The SMILES string of the molecule is O=C1CC(C(=O)N2CCc3oc(CCc4ccccc4)nc3C2)CCN1. The molecule has 1 fully saturated rings. The van der Waals surface area contributed by atoms with Crippen LogP contribution in [-0.4, -0.2) is 34.8 Å². The van der Waals surface area contributed by atoms with Crippen molar-refractivity contribution in [2.45, 2.75) is 38.6 Å². The molecule has 136 valence electrons. The molecule has 1 aromatic heterocycles. The number of hydrogen-bond acceptors (Lipinski definition) is 4. The average molecular weight is 353 g/mol. The molecule has 1 unspecified atom stereocenters. The van der Waals surface area contributed by atoms with Crippen LogP contribution in [0, 0.1) is 5.92 Å². The molecule has 6 nitrogen and oxygen atoms in total. The Hall–Kier alpha value is -2.63. The van der Waals surface area contributed by atoms with Crippen molar-refractivity contribution in [1.29, 1.82) is 0 Å². The number of fused-ring (bicyclic) bond motifs is 1. The first-order valence-corrected chi connectivity index (χ1v) is 9.26. The van der Waals surface area contributed by atoms with Gasteiger partial charge < -0.3 is 14.6 Å². The molecule has 1 atom stereocenters. The Labute approximate surface area is 152 Å². The van der Waals surface area contributed by atoms with Crippen molar-refractivity contribution >= 4 is 11.8 Å². The maximum Gasteiger partial charge on any atom is 0.226 e. The first-order chi connectivity index (χ1) is 12.7. The fourth-order valence-electron chi connectivity index (χ4n) is 3.70. The minimum Gasteiger partial charge on any atom is -0.445 e. The molecule has 4 rings (SSSR count). The molecular weight excluding hydrogens is 330 g/mol. The van der Waals surface area contributed by atoms with E-state index in [1.54, 1.807) is 0 Å². The highest BCUT2D eigenvalue weighted by Crippen LogP contribution is 2.24. The maximum atomic E-state index is 12.7. The van der Waals surface area contributed by atoms with Gasteiger partial charge in [0.1, 0.15) is 11.5 Å². The van der Waals surface area contributed by atoms with Crippen LogP contribution >= 0.6 is 0 Å². The molecule has 1 saturated heterocycles. The van der Waals surface area contributed by atoms with Gasteiger partial charge in [-0.25, -0.2) is 4.98 Å². The highest BCUT2D eigenvalue weighted by Gasteiger charge is 2.32. The minimum atomic E-state index is -0.199. The third-order valence-electron chi connectivity index (χ3n) is 5.15. The number of nitrogens with one attached hydrogen (secondary N) is 1. The van der Waals surface area contributed by atoms with Crippen molar-refractivity contribution in [3.63, 3.8) is 0 Å². The van der Waals surface area contributed by atoms with Crippen LogP contribution in [0.15, 0.2) is 34.7 Å². The number of aromatic nitrogens is 1. The Morgan fingerprint density at radius 2 is 2.12 bits per heavy atom. The summed E-state index contributed by atoms with van der Waals surface area (Å²) in [5.41, 5.74) is 2.13. The molecule has 0 radical (unpaired) electrons. The number of oxazole rings is 1. The molecule has 1 aromatic carbocycles. The molecule has 1 N–H and O–H groups in total. The normalized spacial score (nSPS) is 19.8. The van der Waals surface area contributed by atoms with Gasteiger partial charge in [-0.15, -0.1) is 0 Å². The van der Waals surface area contributed by atoms with Crippen molar-refractivity contribution in [3.8, 4) is 0 Å². The fraction of sp³-hybridized carbons (Fsp3) is 0.450. The highest BCUT2D eigenvalue weighted by molar-refractivity contribution is 5.87. The maximum absolute atomic E-state index is 12.7. The second-order valence-corrected chi connectivity index (χ2v) is 7.01. The first-order valence-electron chi connectivity index (χ1n) is 9.26. The molecule has 0 saturated carbocycles. The zero-order valence-corrected chi connectivity index (χ0v) is 14.7. The van der Waals surface area contributed by atoms with Gasteiger partial charge in [-0.2, -0.15) is 0 Å². The predicted octanol–water partition coefficient (Wildman–Crippen LogP) is 1.87. The van der Waals surface area contributed by atoms with Crippen molar-refractivity contribution in [2.24, 2.45) is 5.92 Å². The molecule has 26 heavy (non-hydrogen) atoms. The zero-order chi connectivity index (χ0) is 17.9. The second kappa shape index (κ2) is 7.32. The van der Waals surface area contributed by atoms with Crippen LogP contribution in [0.25, 0.3) is 0 Å². The summed E-state index contributed by atoms with van der Waals surface area (Å²) in [6.45, 7) is 1.71. The van der Waals surface area contributed by atoms with Crippen LogP contribution in [0.1, 0.15) is 35.7 Å². The Bertz CT molecular complexity index is 800. The second-order valence-electron chi connectivity index (χ2n) is 7.01. The lowest BCUT2D eigenvalue weighted by molar-refractivity contribution is -0.141. The number of aryl methyl sites for hydroxylation is 2. The third kappa shape index (κ3) is 3.64. The van der Waals surface area contributed by atoms with Crippen molar-refractivity contribution in [3.05, 3.63) is 53.2 Å². The van der Waals surface area contributed by atoms with E-state index in [-0.39, 0.29) is 17.7 Å². The lowest BCUT2D eigenvalue weighted by Gasteiger charge is -2.30. The predicted molar refractivity (Wildman–Crippen MR) is 95.2 cm³/mol. The Kier molecular flexibility index (Phi) is 4.73. The van der Waals surface area contributed by atoms with Gasteiger partial charge in [0.05, 0.1) is 6.54 Å². The van der Waals surface area contributed by atoms with E-state index in [1.165, 1.54) is 5.56 Å². The number of amides is 2. The fourth-order valence-corrected chi connectivity index (χ4v) is 3.70. The Balaban J connectivity index is 1.38. The smallest absolute Gasteiger partial charge is 0.226 e. The summed E-state index contributed by atoms with van der Waals surface area (Å²) in [6.07, 6.45) is 3.35. The number of rotatable bonds is 4. The number of benzene rings is 1. The molecule has 2 aliphatic heterocycles. The van der Waals surface area contributed by atoms with Crippen LogP contribution in [-0.2, 0) is 35.4 Å². The summed E-state index contributed by atoms with van der Waals surface area (Å²) < 4.78 is 5.91. The molecule has 3 heterocycles. The molecule has 2 aromatic rings. The van der Waals surface area contributed by atoms with E-state index in [0.29, 0.717) is 32.5 Å². The third-order valence-corrected chi connectivity index (χ3v) is 5.15. The Morgan fingerprint density at radius 3 is 2.92 bits per heavy atom. The number of nitrogens with zero attached hydrogens (tertiary/aromatic N) is 2. The molecule has 2 aliphatic rings. The van der Waals surface area contributed by atoms with Gasteiger partial charge in [-0.05, 0) is 18.4 Å². The van der Waals surface area contributed by atoms with Crippen molar-refractivity contribution in [2.75, 3.05) is 13.1 Å².